The Hall–Kier alpha value is -1.00. The lowest BCUT2D eigenvalue weighted by atomic mass is 9.79. The van der Waals surface area contributed by atoms with Crippen molar-refractivity contribution < 1.29 is 9.90 Å². The number of hydrogen-bond acceptors (Lipinski definition) is 3. The molecule has 3 N–H and O–H groups in total. The highest BCUT2D eigenvalue weighted by Crippen LogP contribution is 2.36. The first-order chi connectivity index (χ1) is 7.68. The predicted molar refractivity (Wildman–Crippen MR) is 65.8 cm³/mol. The van der Waals surface area contributed by atoms with Crippen LogP contribution in [0.3, 0.4) is 0 Å². The predicted octanol–water partition coefficient (Wildman–Crippen LogP) is 1.47. The third kappa shape index (κ3) is 2.39. The Bertz CT molecular complexity index is 394. The zero-order chi connectivity index (χ0) is 11.5. The summed E-state index contributed by atoms with van der Waals surface area (Å²) in [4.78, 5) is 10.5. The van der Waals surface area contributed by atoms with Crippen molar-refractivity contribution in [2.75, 3.05) is 11.5 Å². The molecule has 0 spiro atoms. The van der Waals surface area contributed by atoms with Crippen LogP contribution in [0.4, 0.5) is 0 Å². The van der Waals surface area contributed by atoms with Crippen molar-refractivity contribution >= 4 is 17.7 Å². The van der Waals surface area contributed by atoms with Crippen LogP contribution in [0.2, 0.25) is 0 Å². The van der Waals surface area contributed by atoms with Crippen LogP contribution in [0.25, 0.3) is 0 Å². The molecule has 1 aromatic carbocycles. The molecule has 2 atom stereocenters. The van der Waals surface area contributed by atoms with E-state index in [4.69, 9.17) is 10.8 Å². The topological polar surface area (TPSA) is 63.3 Å². The number of carboxylic acid groups (broad SMARTS) is 1. The van der Waals surface area contributed by atoms with E-state index in [-0.39, 0.29) is 0 Å². The van der Waals surface area contributed by atoms with Crippen LogP contribution >= 0.6 is 11.8 Å². The van der Waals surface area contributed by atoms with Gasteiger partial charge in [0.1, 0.15) is 6.04 Å². The summed E-state index contributed by atoms with van der Waals surface area (Å²) in [6.45, 7) is 0. The van der Waals surface area contributed by atoms with E-state index in [1.807, 2.05) is 0 Å². The van der Waals surface area contributed by atoms with Gasteiger partial charge in [0.15, 0.2) is 0 Å². The molecule has 0 radical (unpaired) electrons. The lowest BCUT2D eigenvalue weighted by molar-refractivity contribution is -0.137. The van der Waals surface area contributed by atoms with Crippen LogP contribution in [0.5, 0.6) is 0 Å². The van der Waals surface area contributed by atoms with Crippen LogP contribution in [-0.4, -0.2) is 28.6 Å². The normalized spacial score (nSPS) is 19.7. The average molecular weight is 237 g/mol. The molecule has 1 aromatic rings. The van der Waals surface area contributed by atoms with E-state index >= 15 is 0 Å². The molecule has 2 rings (SSSR count). The maximum Gasteiger partial charge on any atom is 0.321 e. The molecule has 4 heteroatoms. The molecule has 0 amide bonds. The molecule has 0 fully saturated rings. The van der Waals surface area contributed by atoms with Crippen LogP contribution in [0, 0.1) is 0 Å². The van der Waals surface area contributed by atoms with E-state index in [9.17, 15) is 4.79 Å². The standard InChI is InChI=1S/C12H15NO2S/c13-11(12(14)15)7-16-6-9-5-8-3-1-2-4-10(8)9/h1-4,9,11H,5-7,13H2,(H,14,15). The van der Waals surface area contributed by atoms with Gasteiger partial charge in [0.2, 0.25) is 0 Å². The smallest absolute Gasteiger partial charge is 0.321 e. The van der Waals surface area contributed by atoms with Gasteiger partial charge in [-0.25, -0.2) is 0 Å². The van der Waals surface area contributed by atoms with E-state index in [1.54, 1.807) is 11.8 Å². The summed E-state index contributed by atoms with van der Waals surface area (Å²) >= 11 is 1.63. The molecule has 16 heavy (non-hydrogen) atoms. The first-order valence-corrected chi connectivity index (χ1v) is 6.48. The SMILES string of the molecule is NC(CSCC1Cc2ccccc21)C(=O)O. The highest BCUT2D eigenvalue weighted by Gasteiger charge is 2.25. The Morgan fingerprint density at radius 2 is 2.31 bits per heavy atom. The van der Waals surface area contributed by atoms with Crippen molar-refractivity contribution in [2.24, 2.45) is 5.73 Å². The van der Waals surface area contributed by atoms with E-state index in [0.717, 1.165) is 12.2 Å². The Kier molecular flexibility index (Phi) is 3.51. The molecule has 2 unspecified atom stereocenters. The second-order valence-electron chi connectivity index (χ2n) is 4.08. The molecule has 1 aliphatic rings. The summed E-state index contributed by atoms with van der Waals surface area (Å²) in [6, 6.07) is 7.68. The van der Waals surface area contributed by atoms with Gasteiger partial charge in [0.25, 0.3) is 0 Å². The number of carbonyl (C=O) groups is 1. The van der Waals surface area contributed by atoms with E-state index in [1.165, 1.54) is 11.1 Å². The molecule has 0 aliphatic heterocycles. The number of carboxylic acids is 1. The summed E-state index contributed by atoms with van der Waals surface area (Å²) in [6.07, 6.45) is 1.12. The molecule has 0 saturated heterocycles. The van der Waals surface area contributed by atoms with Crippen molar-refractivity contribution in [2.45, 2.75) is 18.4 Å². The van der Waals surface area contributed by atoms with E-state index in [0.29, 0.717) is 11.7 Å². The van der Waals surface area contributed by atoms with Crippen LogP contribution in [-0.2, 0) is 11.2 Å². The van der Waals surface area contributed by atoms with Crippen molar-refractivity contribution in [1.82, 2.24) is 0 Å². The van der Waals surface area contributed by atoms with Gasteiger partial charge in [-0.3, -0.25) is 4.79 Å². The summed E-state index contributed by atoms with van der Waals surface area (Å²) in [5.74, 6) is 1.13. The molecule has 0 aromatic heterocycles. The number of hydrogen-bond donors (Lipinski definition) is 2. The maximum absolute atomic E-state index is 10.5. The summed E-state index contributed by atoms with van der Waals surface area (Å²) < 4.78 is 0. The number of benzene rings is 1. The fourth-order valence-electron chi connectivity index (χ4n) is 1.92. The van der Waals surface area contributed by atoms with Gasteiger partial charge in [-0.2, -0.15) is 11.8 Å². The minimum Gasteiger partial charge on any atom is -0.480 e. The molecular weight excluding hydrogens is 222 g/mol. The molecule has 0 bridgehead atoms. The summed E-state index contributed by atoms with van der Waals surface area (Å²) in [5, 5.41) is 8.64. The summed E-state index contributed by atoms with van der Waals surface area (Å²) in [7, 11) is 0. The minimum atomic E-state index is -0.915. The van der Waals surface area contributed by atoms with Gasteiger partial charge in [-0.1, -0.05) is 24.3 Å². The zero-order valence-corrected chi connectivity index (χ0v) is 9.74. The molecule has 1 aliphatic carbocycles. The number of aliphatic carboxylic acids is 1. The molecular formula is C12H15NO2S. The second kappa shape index (κ2) is 4.89. The third-order valence-electron chi connectivity index (χ3n) is 2.89. The van der Waals surface area contributed by atoms with Crippen LogP contribution in [0.15, 0.2) is 24.3 Å². The molecule has 0 heterocycles. The Balaban J connectivity index is 1.76. The second-order valence-corrected chi connectivity index (χ2v) is 5.16. The number of thioether (sulfide) groups is 1. The zero-order valence-electron chi connectivity index (χ0n) is 8.93. The maximum atomic E-state index is 10.5. The van der Waals surface area contributed by atoms with Gasteiger partial charge in [0, 0.05) is 11.5 Å². The Morgan fingerprint density at radius 1 is 1.56 bits per heavy atom. The number of nitrogens with two attached hydrogens (primary N) is 1. The van der Waals surface area contributed by atoms with E-state index < -0.39 is 12.0 Å². The number of rotatable bonds is 5. The van der Waals surface area contributed by atoms with Gasteiger partial charge in [0.05, 0.1) is 0 Å². The largest absolute Gasteiger partial charge is 0.480 e. The third-order valence-corrected chi connectivity index (χ3v) is 4.13. The summed E-state index contributed by atoms with van der Waals surface area (Å²) in [5.41, 5.74) is 8.28. The highest BCUT2D eigenvalue weighted by molar-refractivity contribution is 7.99. The van der Waals surface area contributed by atoms with Crippen molar-refractivity contribution in [1.29, 1.82) is 0 Å². The van der Waals surface area contributed by atoms with Crippen LogP contribution < -0.4 is 5.73 Å². The first-order valence-electron chi connectivity index (χ1n) is 5.32. The van der Waals surface area contributed by atoms with Crippen molar-refractivity contribution in [3.63, 3.8) is 0 Å². The highest BCUT2D eigenvalue weighted by atomic mass is 32.2. The minimum absolute atomic E-state index is 0.494. The lowest BCUT2D eigenvalue weighted by Crippen LogP contribution is -2.33. The molecule has 86 valence electrons. The number of fused-ring (bicyclic) bond motifs is 1. The first kappa shape index (κ1) is 11.5. The molecule has 3 nitrogen and oxygen atoms in total. The molecule has 0 saturated carbocycles. The average Bonchev–Trinajstić information content (AvgIpc) is 2.24. The fourth-order valence-corrected chi connectivity index (χ4v) is 3.03. The van der Waals surface area contributed by atoms with Gasteiger partial charge in [-0.05, 0) is 23.5 Å². The Morgan fingerprint density at radius 3 is 3.00 bits per heavy atom. The lowest BCUT2D eigenvalue weighted by Gasteiger charge is -2.29. The monoisotopic (exact) mass is 237 g/mol. The Labute approximate surface area is 99.0 Å². The van der Waals surface area contributed by atoms with Gasteiger partial charge >= 0.3 is 5.97 Å². The quantitative estimate of drug-likeness (QED) is 0.814. The van der Waals surface area contributed by atoms with E-state index in [2.05, 4.69) is 24.3 Å². The van der Waals surface area contributed by atoms with Crippen LogP contribution in [0.1, 0.15) is 17.0 Å². The fraction of sp³-hybridized carbons (Fsp3) is 0.417. The van der Waals surface area contributed by atoms with Gasteiger partial charge < -0.3 is 10.8 Å². The van der Waals surface area contributed by atoms with Gasteiger partial charge in [-0.15, -0.1) is 0 Å². The van der Waals surface area contributed by atoms with Crippen molar-refractivity contribution in [3.05, 3.63) is 35.4 Å². The van der Waals surface area contributed by atoms with Crippen molar-refractivity contribution in [3.8, 4) is 0 Å².